The number of alkyl halides is 1. The lowest BCUT2D eigenvalue weighted by atomic mass is 10.1. The van der Waals surface area contributed by atoms with Gasteiger partial charge in [-0.15, -0.1) is 16.4 Å². The average molecular weight is 663 g/mol. The molecule has 0 radical (unpaired) electrons. The first-order valence-electron chi connectivity index (χ1n) is 14.2. The number of aromatic nitrogens is 4. The summed E-state index contributed by atoms with van der Waals surface area (Å²) in [5.41, 5.74) is 2.86. The van der Waals surface area contributed by atoms with Crippen LogP contribution in [0.1, 0.15) is 44.2 Å². The number of amides is 3. The van der Waals surface area contributed by atoms with Gasteiger partial charge in [0, 0.05) is 42.3 Å². The van der Waals surface area contributed by atoms with Gasteiger partial charge in [-0.1, -0.05) is 17.3 Å². The highest BCUT2D eigenvalue weighted by atomic mass is 32.1. The fourth-order valence-corrected chi connectivity index (χ4v) is 4.68. The number of halogens is 1. The van der Waals surface area contributed by atoms with E-state index >= 15 is 0 Å². The molecule has 0 spiro atoms. The van der Waals surface area contributed by atoms with Crippen LogP contribution in [0.3, 0.4) is 0 Å². The van der Waals surface area contributed by atoms with Gasteiger partial charge in [-0.25, -0.2) is 19.3 Å². The molecular weight excluding hydrogens is 627 g/mol. The topological polar surface area (TPSA) is 235 Å². The predicted molar refractivity (Wildman–Crippen MR) is 163 cm³/mol. The van der Waals surface area contributed by atoms with Crippen molar-refractivity contribution in [1.82, 2.24) is 30.6 Å². The molecule has 2 aromatic heterocycles. The highest BCUT2D eigenvalue weighted by Crippen LogP contribution is 2.27. The van der Waals surface area contributed by atoms with E-state index in [0.29, 0.717) is 43.7 Å². The predicted octanol–water partition coefficient (Wildman–Crippen LogP) is 2.56. The van der Waals surface area contributed by atoms with Gasteiger partial charge in [-0.2, -0.15) is 9.59 Å². The molecule has 0 bridgehead atoms. The van der Waals surface area contributed by atoms with Crippen LogP contribution in [-0.2, 0) is 36.9 Å². The lowest BCUT2D eigenvalue weighted by molar-refractivity contribution is -0.191. The van der Waals surface area contributed by atoms with Crippen LogP contribution in [0.2, 0.25) is 0 Å². The zero-order valence-electron chi connectivity index (χ0n) is 24.7. The van der Waals surface area contributed by atoms with E-state index in [0.717, 1.165) is 29.2 Å². The number of carbonyl (C=O) groups is 4. The lowest BCUT2D eigenvalue weighted by Crippen LogP contribution is -2.46. The number of aliphatic carboxylic acids is 2. The number of nitrogens with zero attached hydrogens (tertiary/aromatic N) is 4. The number of aryl methyl sites for hydroxylation is 1. The monoisotopic (exact) mass is 662 g/mol. The van der Waals surface area contributed by atoms with Gasteiger partial charge in [-0.3, -0.25) is 14.0 Å². The van der Waals surface area contributed by atoms with Crippen molar-refractivity contribution in [3.8, 4) is 11.3 Å². The molecule has 1 atom stereocenters. The van der Waals surface area contributed by atoms with E-state index in [1.54, 1.807) is 12.3 Å². The molecule has 0 aliphatic rings. The van der Waals surface area contributed by atoms with Crippen molar-refractivity contribution in [2.45, 2.75) is 57.5 Å². The van der Waals surface area contributed by atoms with Crippen molar-refractivity contribution < 1.29 is 43.4 Å². The molecule has 0 saturated carbocycles. The molecule has 18 heteroatoms. The zero-order valence-corrected chi connectivity index (χ0v) is 25.6. The summed E-state index contributed by atoms with van der Waals surface area (Å²) >= 11 is 1.46. The summed E-state index contributed by atoms with van der Waals surface area (Å²) in [4.78, 5) is 67.0. The van der Waals surface area contributed by atoms with Crippen molar-refractivity contribution in [3.05, 3.63) is 41.5 Å². The molecule has 0 aliphatic heterocycles. The minimum absolute atomic E-state index is 0.0132. The summed E-state index contributed by atoms with van der Waals surface area (Å²) in [6.45, 7) is 0.581. The van der Waals surface area contributed by atoms with Crippen LogP contribution in [0.15, 0.2) is 35.8 Å². The van der Waals surface area contributed by atoms with Crippen molar-refractivity contribution in [2.24, 2.45) is 0 Å². The second-order valence-electron chi connectivity index (χ2n) is 9.66. The third kappa shape index (κ3) is 14.5. The Kier molecular flexibility index (Phi) is 16.6. The Balaban J connectivity index is 0.00000236. The Bertz CT molecular complexity index is 1460. The lowest BCUT2D eigenvalue weighted by Gasteiger charge is -2.14. The number of anilines is 2. The van der Waals surface area contributed by atoms with Crippen molar-refractivity contribution in [2.75, 3.05) is 30.4 Å². The summed E-state index contributed by atoms with van der Waals surface area (Å²) in [6, 6.07) is 5.43. The van der Waals surface area contributed by atoms with Gasteiger partial charge >= 0.3 is 24.1 Å². The van der Waals surface area contributed by atoms with E-state index in [2.05, 4.69) is 36.6 Å². The van der Waals surface area contributed by atoms with Gasteiger partial charge in [0.2, 0.25) is 5.91 Å². The number of carboxylic acid groups (broad SMARTS) is 2. The molecule has 3 aromatic rings. The van der Waals surface area contributed by atoms with E-state index < -0.39 is 30.7 Å². The maximum absolute atomic E-state index is 12.5. The summed E-state index contributed by atoms with van der Waals surface area (Å²) in [5.74, 6) is -2.68. The van der Waals surface area contributed by atoms with Gasteiger partial charge in [0.25, 0.3) is 0 Å². The number of hydrogen-bond acceptors (Lipinski definition) is 11. The quantitative estimate of drug-likeness (QED) is 0.102. The van der Waals surface area contributed by atoms with Gasteiger partial charge in [0.05, 0.1) is 18.1 Å². The summed E-state index contributed by atoms with van der Waals surface area (Å²) in [7, 11) is 0. The standard InChI is InChI=1S/C27H35FN8O6S.CO2/c28-11-5-8-20-15-36(35-34-20)16-23(37)31-19-7-4-6-18(14-19)22-17-43-27(33-22)30-13-3-1-2-12-29-26(42)32-21(25(40)41)9-10-24(38)39;2-1-3/h4,6-7,14-15,17,21H,1-3,5,8-13,16H2,(H,30,33)(H,31,37)(H,38,39)(H,40,41)(H2,29,32,42);/t21-;/m0./s1. The van der Waals surface area contributed by atoms with E-state index in [9.17, 15) is 23.6 Å². The normalized spacial score (nSPS) is 10.9. The Morgan fingerprint density at radius 1 is 1.07 bits per heavy atom. The Hall–Kier alpha value is -5.22. The molecule has 0 aliphatic carbocycles. The highest BCUT2D eigenvalue weighted by Gasteiger charge is 2.20. The Morgan fingerprint density at radius 2 is 1.83 bits per heavy atom. The summed E-state index contributed by atoms with van der Waals surface area (Å²) < 4.78 is 13.8. The van der Waals surface area contributed by atoms with Crippen LogP contribution in [-0.4, -0.2) is 86.0 Å². The van der Waals surface area contributed by atoms with E-state index in [1.165, 1.54) is 16.0 Å². The number of thiazole rings is 1. The van der Waals surface area contributed by atoms with Crippen LogP contribution in [0.4, 0.5) is 20.0 Å². The minimum atomic E-state index is -1.28. The summed E-state index contributed by atoms with van der Waals surface area (Å²) in [6.07, 6.45) is 4.49. The van der Waals surface area contributed by atoms with Crippen LogP contribution < -0.4 is 21.3 Å². The second kappa shape index (κ2) is 20.7. The molecule has 0 saturated heterocycles. The molecule has 6 N–H and O–H groups in total. The van der Waals surface area contributed by atoms with Gasteiger partial charge in [0.1, 0.15) is 12.6 Å². The van der Waals surface area contributed by atoms with Crippen LogP contribution in [0.5, 0.6) is 0 Å². The molecule has 0 unspecified atom stereocenters. The molecule has 248 valence electrons. The third-order valence-corrected chi connectivity index (χ3v) is 6.87. The Morgan fingerprint density at radius 3 is 2.54 bits per heavy atom. The highest BCUT2D eigenvalue weighted by molar-refractivity contribution is 7.14. The van der Waals surface area contributed by atoms with Gasteiger partial charge in [-0.05, 0) is 50.7 Å². The molecule has 3 rings (SSSR count). The van der Waals surface area contributed by atoms with Crippen LogP contribution in [0.25, 0.3) is 11.3 Å². The molecule has 3 amide bonds. The number of hydrogen-bond donors (Lipinski definition) is 6. The van der Waals surface area contributed by atoms with Crippen LogP contribution in [0, 0.1) is 0 Å². The van der Waals surface area contributed by atoms with Crippen LogP contribution >= 0.6 is 11.3 Å². The molecule has 0 fully saturated rings. The smallest absolute Gasteiger partial charge is 0.373 e. The number of benzene rings is 1. The largest absolute Gasteiger partial charge is 0.481 e. The van der Waals surface area contributed by atoms with E-state index in [4.69, 9.17) is 19.8 Å². The average Bonchev–Trinajstić information content (AvgIpc) is 3.67. The Labute approximate surface area is 266 Å². The number of rotatable bonds is 19. The maximum Gasteiger partial charge on any atom is 0.373 e. The number of nitrogens with one attached hydrogen (secondary N) is 4. The number of unbranched alkanes of at least 4 members (excludes halogenated alkanes) is 2. The number of carboxylic acids is 2. The van der Waals surface area contributed by atoms with Gasteiger partial charge < -0.3 is 31.5 Å². The zero-order chi connectivity index (χ0) is 33.7. The number of urea groups is 1. The molecule has 46 heavy (non-hydrogen) atoms. The molecule has 2 heterocycles. The van der Waals surface area contributed by atoms with E-state index in [-0.39, 0.29) is 31.4 Å². The first kappa shape index (κ1) is 37.0. The maximum atomic E-state index is 12.5. The molecule has 16 nitrogen and oxygen atoms in total. The fraction of sp³-hybridized carbons (Fsp3) is 0.429. The minimum Gasteiger partial charge on any atom is -0.481 e. The second-order valence-corrected chi connectivity index (χ2v) is 10.5. The molecule has 1 aromatic carbocycles. The van der Waals surface area contributed by atoms with E-state index in [1.807, 2.05) is 23.6 Å². The SMILES string of the molecule is O=C(O)CC[C@H](NC(=O)NCCCCCNc1nc(-c2cccc(NC(=O)Cn3cc(CCCF)nn3)c2)cs1)C(=O)O.O=C=O. The molecular formula is C28H35FN8O8S. The van der Waals surface area contributed by atoms with Crippen molar-refractivity contribution >= 4 is 52.2 Å². The van der Waals surface area contributed by atoms with Crippen molar-refractivity contribution in [3.63, 3.8) is 0 Å². The van der Waals surface area contributed by atoms with Crippen molar-refractivity contribution in [1.29, 1.82) is 0 Å². The van der Waals surface area contributed by atoms with Gasteiger partial charge in [0.15, 0.2) is 5.13 Å². The third-order valence-electron chi connectivity index (χ3n) is 6.07. The number of carbonyl (C=O) groups excluding carboxylic acids is 4. The first-order chi connectivity index (χ1) is 22.1. The summed E-state index contributed by atoms with van der Waals surface area (Å²) in [5, 5.41) is 39.3. The first-order valence-corrected chi connectivity index (χ1v) is 15.1. The fourth-order valence-electron chi connectivity index (χ4n) is 3.93.